The normalized spacial score (nSPS) is 10.0. The van der Waals surface area contributed by atoms with Gasteiger partial charge in [0, 0.05) is 17.8 Å². The molecule has 0 bridgehead atoms. The van der Waals surface area contributed by atoms with Gasteiger partial charge in [-0.1, -0.05) is 18.2 Å². The fraction of sp³-hybridized carbons (Fsp3) is 0. The average Bonchev–Trinajstić information content (AvgIpc) is 2.88. The first-order valence-electron chi connectivity index (χ1n) is 5.46. The van der Waals surface area contributed by atoms with Crippen LogP contribution in [0.5, 0.6) is 0 Å². The first kappa shape index (κ1) is 10.4. The second-order valence-electron chi connectivity index (χ2n) is 3.76. The molecule has 0 radical (unpaired) electrons. The monoisotopic (exact) mass is 235 g/mol. The van der Waals surface area contributed by atoms with Gasteiger partial charge in [0.25, 0.3) is 5.56 Å². The van der Waals surface area contributed by atoms with Crippen molar-refractivity contribution < 1.29 is 0 Å². The van der Waals surface area contributed by atoms with Crippen LogP contribution in [-0.2, 0) is 0 Å². The van der Waals surface area contributed by atoms with Gasteiger partial charge in [0.15, 0.2) is 0 Å². The summed E-state index contributed by atoms with van der Waals surface area (Å²) in [6.45, 7) is 0. The molecule has 86 valence electrons. The van der Waals surface area contributed by atoms with Crippen LogP contribution < -0.4 is 5.56 Å². The molecule has 2 aromatic heterocycles. The van der Waals surface area contributed by atoms with Crippen LogP contribution in [0.4, 0.5) is 0 Å². The van der Waals surface area contributed by atoms with Crippen LogP contribution in [-0.4, -0.2) is 14.5 Å². The third-order valence-corrected chi connectivity index (χ3v) is 2.57. The van der Waals surface area contributed by atoms with E-state index in [1.165, 1.54) is 10.9 Å². The predicted octanol–water partition coefficient (Wildman–Crippen LogP) is 1.58. The van der Waals surface area contributed by atoms with Gasteiger partial charge in [-0.25, -0.2) is 9.55 Å². The predicted molar refractivity (Wildman–Crippen MR) is 69.1 cm³/mol. The average molecular weight is 235 g/mol. The van der Waals surface area contributed by atoms with Crippen molar-refractivity contribution in [1.29, 1.82) is 0 Å². The van der Waals surface area contributed by atoms with Gasteiger partial charge in [-0.3, -0.25) is 4.79 Å². The van der Waals surface area contributed by atoms with Gasteiger partial charge in [0.1, 0.15) is 12.0 Å². The second-order valence-corrected chi connectivity index (χ2v) is 3.76. The van der Waals surface area contributed by atoms with E-state index in [1.54, 1.807) is 12.3 Å². The standard InChI is InChI=1S/C14H9N3O/c18-14-12-6-8-15-13(12)16-10-17(14)9-7-11-4-2-1-3-5-11/h1-6,8,10,15H. The largest absolute Gasteiger partial charge is 0.346 e. The van der Waals surface area contributed by atoms with E-state index in [1.807, 2.05) is 30.3 Å². The Morgan fingerprint density at radius 3 is 2.83 bits per heavy atom. The number of nitrogens with one attached hydrogen (secondary N) is 1. The van der Waals surface area contributed by atoms with Crippen LogP contribution in [0.25, 0.3) is 11.0 Å². The van der Waals surface area contributed by atoms with Crippen LogP contribution in [0.3, 0.4) is 0 Å². The lowest BCUT2D eigenvalue weighted by molar-refractivity contribution is 1.000. The zero-order valence-electron chi connectivity index (χ0n) is 9.42. The highest BCUT2D eigenvalue weighted by atomic mass is 16.1. The third-order valence-electron chi connectivity index (χ3n) is 2.57. The van der Waals surface area contributed by atoms with Crippen LogP contribution in [0.1, 0.15) is 5.56 Å². The fourth-order valence-electron chi connectivity index (χ4n) is 1.66. The van der Waals surface area contributed by atoms with Crippen molar-refractivity contribution in [3.8, 4) is 12.0 Å². The lowest BCUT2D eigenvalue weighted by Gasteiger charge is -1.94. The Balaban J connectivity index is 2.09. The summed E-state index contributed by atoms with van der Waals surface area (Å²) in [4.78, 5) is 19.0. The highest BCUT2D eigenvalue weighted by Crippen LogP contribution is 2.01. The molecule has 0 aliphatic carbocycles. The Labute approximate surface area is 103 Å². The number of nitrogens with zero attached hydrogens (tertiary/aromatic N) is 2. The van der Waals surface area contributed by atoms with Gasteiger partial charge < -0.3 is 4.98 Å². The maximum Gasteiger partial charge on any atom is 0.274 e. The smallest absolute Gasteiger partial charge is 0.274 e. The molecule has 1 aromatic carbocycles. The van der Waals surface area contributed by atoms with E-state index >= 15 is 0 Å². The summed E-state index contributed by atoms with van der Waals surface area (Å²) in [6, 6.07) is 14.0. The number of rotatable bonds is 0. The van der Waals surface area contributed by atoms with Crippen molar-refractivity contribution in [1.82, 2.24) is 14.5 Å². The van der Waals surface area contributed by atoms with Gasteiger partial charge in [-0.2, -0.15) is 0 Å². The minimum atomic E-state index is -0.162. The molecule has 4 nitrogen and oxygen atoms in total. The lowest BCUT2D eigenvalue weighted by Crippen LogP contribution is -2.16. The van der Waals surface area contributed by atoms with Gasteiger partial charge >= 0.3 is 0 Å². The van der Waals surface area contributed by atoms with Crippen molar-refractivity contribution in [2.45, 2.75) is 0 Å². The van der Waals surface area contributed by atoms with Crippen molar-refractivity contribution in [3.63, 3.8) is 0 Å². The van der Waals surface area contributed by atoms with Gasteiger partial charge in [0.2, 0.25) is 0 Å². The van der Waals surface area contributed by atoms with Crippen molar-refractivity contribution in [2.24, 2.45) is 0 Å². The first-order valence-corrected chi connectivity index (χ1v) is 5.46. The van der Waals surface area contributed by atoms with Crippen molar-refractivity contribution in [2.75, 3.05) is 0 Å². The molecule has 2 heterocycles. The Hall–Kier alpha value is -2.80. The van der Waals surface area contributed by atoms with Gasteiger partial charge in [-0.05, 0) is 24.1 Å². The molecule has 0 fully saturated rings. The Morgan fingerprint density at radius 1 is 1.17 bits per heavy atom. The summed E-state index contributed by atoms with van der Waals surface area (Å²) in [5.41, 5.74) is 1.28. The Bertz CT molecular complexity index is 803. The van der Waals surface area contributed by atoms with E-state index in [0.717, 1.165) is 5.56 Å². The lowest BCUT2D eigenvalue weighted by atomic mass is 10.2. The quantitative estimate of drug-likeness (QED) is 0.601. The molecule has 3 aromatic rings. The second kappa shape index (κ2) is 4.22. The van der Waals surface area contributed by atoms with Crippen LogP contribution in [0.2, 0.25) is 0 Å². The van der Waals surface area contributed by atoms with Gasteiger partial charge in [0.05, 0.1) is 5.39 Å². The summed E-state index contributed by atoms with van der Waals surface area (Å²) >= 11 is 0. The maximum absolute atomic E-state index is 12.0. The first-order chi connectivity index (χ1) is 8.84. The van der Waals surface area contributed by atoms with E-state index in [2.05, 4.69) is 21.9 Å². The molecule has 0 unspecified atom stereocenters. The molecule has 0 saturated carbocycles. The molecule has 0 aliphatic rings. The van der Waals surface area contributed by atoms with E-state index in [0.29, 0.717) is 11.0 Å². The number of hydrogen-bond donors (Lipinski definition) is 1. The molecule has 18 heavy (non-hydrogen) atoms. The van der Waals surface area contributed by atoms with Gasteiger partial charge in [-0.15, -0.1) is 0 Å². The molecule has 1 N–H and O–H groups in total. The van der Waals surface area contributed by atoms with E-state index in [-0.39, 0.29) is 5.56 Å². The molecular weight excluding hydrogens is 226 g/mol. The Morgan fingerprint density at radius 2 is 2.00 bits per heavy atom. The number of fused-ring (bicyclic) bond motifs is 1. The van der Waals surface area contributed by atoms with Crippen molar-refractivity contribution in [3.05, 3.63) is 64.8 Å². The number of aromatic amines is 1. The zero-order chi connectivity index (χ0) is 12.4. The molecule has 3 rings (SSSR count). The molecule has 4 heteroatoms. The summed E-state index contributed by atoms with van der Waals surface area (Å²) < 4.78 is 1.29. The minimum Gasteiger partial charge on any atom is -0.346 e. The summed E-state index contributed by atoms with van der Waals surface area (Å²) in [7, 11) is 0. The van der Waals surface area contributed by atoms with Crippen molar-refractivity contribution >= 4 is 11.0 Å². The van der Waals surface area contributed by atoms with Crippen LogP contribution in [0, 0.1) is 12.0 Å². The molecular formula is C14H9N3O. The third kappa shape index (κ3) is 1.78. The molecule has 0 aliphatic heterocycles. The van der Waals surface area contributed by atoms with Crippen LogP contribution >= 0.6 is 0 Å². The Kier molecular flexibility index (Phi) is 2.43. The van der Waals surface area contributed by atoms with E-state index in [4.69, 9.17) is 0 Å². The molecule has 0 amide bonds. The van der Waals surface area contributed by atoms with E-state index in [9.17, 15) is 4.79 Å². The highest BCUT2D eigenvalue weighted by molar-refractivity contribution is 5.73. The van der Waals surface area contributed by atoms with Crippen LogP contribution in [0.15, 0.2) is 53.7 Å². The molecule has 0 saturated heterocycles. The molecule has 0 atom stereocenters. The number of H-pyrrole nitrogens is 1. The zero-order valence-corrected chi connectivity index (χ0v) is 9.42. The SMILES string of the molecule is O=c1c2cc[nH]c2ncn1C#Cc1ccccc1. The van der Waals surface area contributed by atoms with E-state index < -0.39 is 0 Å². The summed E-state index contributed by atoms with van der Waals surface area (Å²) in [5.74, 6) is 2.92. The molecule has 0 spiro atoms. The maximum atomic E-state index is 12.0. The number of aromatic nitrogens is 3. The summed E-state index contributed by atoms with van der Waals surface area (Å²) in [6.07, 6.45) is 3.12. The summed E-state index contributed by atoms with van der Waals surface area (Å²) in [5, 5.41) is 0.542. The topological polar surface area (TPSA) is 50.7 Å². The number of benzene rings is 1. The minimum absolute atomic E-state index is 0.162. The highest BCUT2D eigenvalue weighted by Gasteiger charge is 2.02. The fourth-order valence-corrected chi connectivity index (χ4v) is 1.66. The number of hydrogen-bond acceptors (Lipinski definition) is 2.